The standard InChI is InChI=1S/C25H22Cl2N2O4/c1-17(30)29(33-24-12-11-20(26)15-23(24)27)21-8-4-6-18(14-21)22(9-2-3-10-25(31)32)19-7-5-13-28-16-19/h4-9,11-16H,2-3,10H2,1H3,(H,31,32)/b22-9-. The molecule has 1 heterocycles. The fraction of sp³-hybridized carbons (Fsp3) is 0.160. The molecule has 0 atom stereocenters. The molecule has 6 nitrogen and oxygen atoms in total. The highest BCUT2D eigenvalue weighted by molar-refractivity contribution is 6.35. The summed E-state index contributed by atoms with van der Waals surface area (Å²) in [4.78, 5) is 33.3. The van der Waals surface area contributed by atoms with Crippen LogP contribution in [0, 0.1) is 0 Å². The zero-order valence-electron chi connectivity index (χ0n) is 17.9. The van der Waals surface area contributed by atoms with E-state index in [1.807, 2.05) is 36.4 Å². The number of allylic oxidation sites excluding steroid dienone is 1. The molecule has 3 aromatic rings. The Balaban J connectivity index is 1.95. The molecule has 0 saturated heterocycles. The van der Waals surface area contributed by atoms with Gasteiger partial charge in [-0.15, -0.1) is 5.06 Å². The van der Waals surface area contributed by atoms with Crippen LogP contribution >= 0.6 is 23.2 Å². The number of amides is 1. The predicted molar refractivity (Wildman–Crippen MR) is 129 cm³/mol. The van der Waals surface area contributed by atoms with Crippen molar-refractivity contribution in [1.29, 1.82) is 0 Å². The molecule has 0 aliphatic heterocycles. The predicted octanol–water partition coefficient (Wildman–Crippen LogP) is 6.42. The van der Waals surface area contributed by atoms with E-state index in [9.17, 15) is 9.59 Å². The molecule has 0 bridgehead atoms. The maximum absolute atomic E-state index is 12.4. The van der Waals surface area contributed by atoms with Gasteiger partial charge in [-0.05, 0) is 60.4 Å². The molecule has 170 valence electrons. The lowest BCUT2D eigenvalue weighted by Crippen LogP contribution is -2.32. The van der Waals surface area contributed by atoms with Gasteiger partial charge in [-0.25, -0.2) is 0 Å². The third-order valence-electron chi connectivity index (χ3n) is 4.68. The maximum atomic E-state index is 12.4. The summed E-state index contributed by atoms with van der Waals surface area (Å²) in [6, 6.07) is 15.8. The zero-order chi connectivity index (χ0) is 23.8. The number of aliphatic carboxylic acids is 1. The Bertz CT molecular complexity index is 1170. The van der Waals surface area contributed by atoms with Crippen molar-refractivity contribution in [2.24, 2.45) is 0 Å². The van der Waals surface area contributed by atoms with Crippen molar-refractivity contribution < 1.29 is 19.5 Å². The molecule has 1 amide bonds. The molecule has 1 aromatic heterocycles. The van der Waals surface area contributed by atoms with E-state index in [-0.39, 0.29) is 17.4 Å². The summed E-state index contributed by atoms with van der Waals surface area (Å²) in [5.41, 5.74) is 3.09. The Labute approximate surface area is 202 Å². The second-order valence-electron chi connectivity index (χ2n) is 7.18. The average molecular weight is 485 g/mol. The number of carbonyl (C=O) groups excluding carboxylic acids is 1. The van der Waals surface area contributed by atoms with Crippen LogP contribution in [0.2, 0.25) is 10.0 Å². The van der Waals surface area contributed by atoms with E-state index in [0.29, 0.717) is 29.3 Å². The van der Waals surface area contributed by atoms with Crippen LogP contribution in [0.25, 0.3) is 5.57 Å². The number of aromatic nitrogens is 1. The summed E-state index contributed by atoms with van der Waals surface area (Å²) in [6.45, 7) is 1.39. The highest BCUT2D eigenvalue weighted by Crippen LogP contribution is 2.31. The summed E-state index contributed by atoms with van der Waals surface area (Å²) in [5.74, 6) is -0.881. The first-order valence-electron chi connectivity index (χ1n) is 10.2. The summed E-state index contributed by atoms with van der Waals surface area (Å²) >= 11 is 12.2. The largest absolute Gasteiger partial charge is 0.481 e. The van der Waals surface area contributed by atoms with E-state index in [1.54, 1.807) is 30.6 Å². The van der Waals surface area contributed by atoms with Crippen molar-refractivity contribution in [3.05, 3.63) is 94.2 Å². The summed E-state index contributed by atoms with van der Waals surface area (Å²) in [7, 11) is 0. The van der Waals surface area contributed by atoms with Crippen LogP contribution < -0.4 is 9.90 Å². The van der Waals surface area contributed by atoms with Gasteiger partial charge in [-0.1, -0.05) is 47.5 Å². The summed E-state index contributed by atoms with van der Waals surface area (Å²) in [6.07, 6.45) is 6.58. The number of unbranched alkanes of at least 4 members (excludes halogenated alkanes) is 1. The van der Waals surface area contributed by atoms with Crippen molar-refractivity contribution in [2.75, 3.05) is 5.06 Å². The first kappa shape index (κ1) is 24.3. The Morgan fingerprint density at radius 3 is 2.55 bits per heavy atom. The van der Waals surface area contributed by atoms with Crippen molar-refractivity contribution in [3.63, 3.8) is 0 Å². The van der Waals surface area contributed by atoms with Crippen molar-refractivity contribution >= 4 is 46.3 Å². The van der Waals surface area contributed by atoms with Gasteiger partial charge in [0.15, 0.2) is 5.75 Å². The lowest BCUT2D eigenvalue weighted by atomic mass is 9.97. The minimum absolute atomic E-state index is 0.0880. The van der Waals surface area contributed by atoms with Gasteiger partial charge in [0, 0.05) is 36.3 Å². The Morgan fingerprint density at radius 1 is 1.09 bits per heavy atom. The second-order valence-corrected chi connectivity index (χ2v) is 8.02. The van der Waals surface area contributed by atoms with Crippen LogP contribution in [0.1, 0.15) is 37.3 Å². The Kier molecular flexibility index (Phi) is 8.46. The fourth-order valence-corrected chi connectivity index (χ4v) is 3.61. The molecular formula is C25H22Cl2N2O4. The van der Waals surface area contributed by atoms with Gasteiger partial charge in [-0.2, -0.15) is 0 Å². The lowest BCUT2D eigenvalue weighted by Gasteiger charge is -2.22. The number of benzene rings is 2. The van der Waals surface area contributed by atoms with Gasteiger partial charge >= 0.3 is 5.97 Å². The molecule has 2 aromatic carbocycles. The van der Waals surface area contributed by atoms with Gasteiger partial charge in [-0.3, -0.25) is 14.6 Å². The topological polar surface area (TPSA) is 79.7 Å². The number of carboxylic acids is 1. The number of carboxylic acid groups (broad SMARTS) is 1. The zero-order valence-corrected chi connectivity index (χ0v) is 19.4. The summed E-state index contributed by atoms with van der Waals surface area (Å²) < 4.78 is 0. The van der Waals surface area contributed by atoms with Gasteiger partial charge in [0.1, 0.15) is 0 Å². The number of pyridine rings is 1. The minimum atomic E-state index is -0.830. The molecule has 0 radical (unpaired) electrons. The highest BCUT2D eigenvalue weighted by Gasteiger charge is 2.17. The van der Waals surface area contributed by atoms with Crippen LogP contribution in [0.3, 0.4) is 0 Å². The van der Waals surface area contributed by atoms with Gasteiger partial charge < -0.3 is 9.94 Å². The molecule has 0 saturated carbocycles. The van der Waals surface area contributed by atoms with Crippen LogP contribution in [0.5, 0.6) is 5.75 Å². The number of anilines is 1. The normalized spacial score (nSPS) is 11.2. The first-order chi connectivity index (χ1) is 15.8. The highest BCUT2D eigenvalue weighted by atomic mass is 35.5. The number of carbonyl (C=O) groups is 2. The molecule has 3 rings (SSSR count). The monoisotopic (exact) mass is 484 g/mol. The van der Waals surface area contributed by atoms with Crippen molar-refractivity contribution in [1.82, 2.24) is 4.98 Å². The quantitative estimate of drug-likeness (QED) is 0.279. The third kappa shape index (κ3) is 6.81. The molecule has 0 fully saturated rings. The molecule has 0 unspecified atom stereocenters. The smallest absolute Gasteiger partial charge is 0.303 e. The second kappa shape index (κ2) is 11.5. The molecule has 1 N–H and O–H groups in total. The van der Waals surface area contributed by atoms with Gasteiger partial charge in [0.05, 0.1) is 10.7 Å². The van der Waals surface area contributed by atoms with E-state index in [1.165, 1.54) is 13.0 Å². The van der Waals surface area contributed by atoms with Crippen molar-refractivity contribution in [2.45, 2.75) is 26.2 Å². The minimum Gasteiger partial charge on any atom is -0.481 e. The SMILES string of the molecule is CC(=O)N(Oc1ccc(Cl)cc1Cl)c1cccc(/C(=C/CCCC(=O)O)c2cccnc2)c1. The number of rotatable bonds is 9. The number of hydroxylamine groups is 1. The molecule has 0 aliphatic rings. The van der Waals surface area contributed by atoms with E-state index < -0.39 is 5.97 Å². The van der Waals surface area contributed by atoms with Crippen LogP contribution in [-0.2, 0) is 9.59 Å². The van der Waals surface area contributed by atoms with Crippen molar-refractivity contribution in [3.8, 4) is 5.75 Å². The third-order valence-corrected chi connectivity index (χ3v) is 5.21. The molecular weight excluding hydrogens is 463 g/mol. The van der Waals surface area contributed by atoms with Gasteiger partial charge in [0.2, 0.25) is 0 Å². The maximum Gasteiger partial charge on any atom is 0.303 e. The van der Waals surface area contributed by atoms with E-state index in [2.05, 4.69) is 4.98 Å². The van der Waals surface area contributed by atoms with Crippen LogP contribution in [-0.4, -0.2) is 22.0 Å². The average Bonchev–Trinajstić information content (AvgIpc) is 2.79. The molecule has 8 heteroatoms. The van der Waals surface area contributed by atoms with E-state index in [4.69, 9.17) is 33.1 Å². The van der Waals surface area contributed by atoms with Crippen LogP contribution in [0.15, 0.2) is 73.1 Å². The lowest BCUT2D eigenvalue weighted by molar-refractivity contribution is -0.137. The fourth-order valence-electron chi connectivity index (χ4n) is 3.17. The Morgan fingerprint density at radius 2 is 1.88 bits per heavy atom. The Hall–Kier alpha value is -3.35. The number of hydrogen-bond donors (Lipinski definition) is 1. The first-order valence-corrected chi connectivity index (χ1v) is 11.0. The molecule has 33 heavy (non-hydrogen) atoms. The summed E-state index contributed by atoms with van der Waals surface area (Å²) in [5, 5.41) is 10.8. The number of nitrogens with zero attached hydrogens (tertiary/aromatic N) is 2. The van der Waals surface area contributed by atoms with Gasteiger partial charge in [0.25, 0.3) is 5.91 Å². The molecule has 0 aliphatic carbocycles. The van der Waals surface area contributed by atoms with E-state index in [0.717, 1.165) is 21.8 Å². The van der Waals surface area contributed by atoms with Crippen LogP contribution in [0.4, 0.5) is 5.69 Å². The molecule has 0 spiro atoms. The van der Waals surface area contributed by atoms with E-state index >= 15 is 0 Å². The number of halogens is 2. The number of hydrogen-bond acceptors (Lipinski definition) is 4.